The highest BCUT2D eigenvalue weighted by atomic mass is 32.1. The topological polar surface area (TPSA) is 49.3 Å². The van der Waals surface area contributed by atoms with E-state index in [1.807, 2.05) is 41.9 Å². The molecule has 0 spiro atoms. The fraction of sp³-hybridized carbons (Fsp3) is 0.188. The fourth-order valence-electron chi connectivity index (χ4n) is 1.78. The molecule has 0 atom stereocenters. The van der Waals surface area contributed by atoms with Crippen molar-refractivity contribution >= 4 is 22.9 Å². The standard InChI is InChI=1S/C16H15NO2S/c1-12-4-5-15(14(9-12)3-2-7-18)17-16(19)10-13-6-8-20-11-13/h4-6,8-9,11,18H,7,10H2,1H3,(H,17,19). The molecule has 2 N–H and O–H groups in total. The number of benzene rings is 1. The fourth-order valence-corrected chi connectivity index (χ4v) is 2.45. The third-order valence-corrected chi connectivity index (χ3v) is 3.43. The summed E-state index contributed by atoms with van der Waals surface area (Å²) in [7, 11) is 0. The highest BCUT2D eigenvalue weighted by molar-refractivity contribution is 7.08. The summed E-state index contributed by atoms with van der Waals surface area (Å²) in [6.45, 7) is 1.76. The van der Waals surface area contributed by atoms with Gasteiger partial charge in [0.25, 0.3) is 0 Å². The molecule has 102 valence electrons. The van der Waals surface area contributed by atoms with Gasteiger partial charge in [-0.1, -0.05) is 17.9 Å². The second-order valence-electron chi connectivity index (χ2n) is 4.37. The maximum Gasteiger partial charge on any atom is 0.228 e. The summed E-state index contributed by atoms with van der Waals surface area (Å²) in [5, 5.41) is 15.6. The van der Waals surface area contributed by atoms with Crippen LogP contribution in [0.3, 0.4) is 0 Å². The third kappa shape index (κ3) is 3.95. The molecular formula is C16H15NO2S. The Morgan fingerprint density at radius 2 is 2.25 bits per heavy atom. The zero-order valence-corrected chi connectivity index (χ0v) is 12.0. The summed E-state index contributed by atoms with van der Waals surface area (Å²) < 4.78 is 0. The van der Waals surface area contributed by atoms with Crippen molar-refractivity contribution in [2.75, 3.05) is 11.9 Å². The van der Waals surface area contributed by atoms with Gasteiger partial charge in [-0.3, -0.25) is 4.79 Å². The van der Waals surface area contributed by atoms with Crippen LogP contribution in [-0.4, -0.2) is 17.6 Å². The molecule has 1 aromatic carbocycles. The van der Waals surface area contributed by atoms with Crippen molar-refractivity contribution in [3.05, 3.63) is 51.7 Å². The van der Waals surface area contributed by atoms with Gasteiger partial charge < -0.3 is 10.4 Å². The van der Waals surface area contributed by atoms with Gasteiger partial charge in [-0.25, -0.2) is 0 Å². The Balaban J connectivity index is 2.14. The number of aliphatic hydroxyl groups is 1. The molecule has 0 aliphatic carbocycles. The number of carbonyl (C=O) groups is 1. The zero-order valence-electron chi connectivity index (χ0n) is 11.1. The van der Waals surface area contributed by atoms with Crippen molar-refractivity contribution in [2.24, 2.45) is 0 Å². The van der Waals surface area contributed by atoms with E-state index in [0.717, 1.165) is 16.7 Å². The summed E-state index contributed by atoms with van der Waals surface area (Å²) in [5.41, 5.74) is 3.46. The number of hydrogen-bond acceptors (Lipinski definition) is 3. The molecule has 1 heterocycles. The van der Waals surface area contributed by atoms with Crippen LogP contribution >= 0.6 is 11.3 Å². The molecule has 20 heavy (non-hydrogen) atoms. The summed E-state index contributed by atoms with van der Waals surface area (Å²) >= 11 is 1.57. The lowest BCUT2D eigenvalue weighted by Gasteiger charge is -2.08. The number of nitrogens with one attached hydrogen (secondary N) is 1. The Hall–Kier alpha value is -2.09. The second kappa shape index (κ2) is 6.90. The van der Waals surface area contributed by atoms with Crippen LogP contribution in [-0.2, 0) is 11.2 Å². The van der Waals surface area contributed by atoms with Crippen molar-refractivity contribution in [1.29, 1.82) is 0 Å². The van der Waals surface area contributed by atoms with Gasteiger partial charge >= 0.3 is 0 Å². The van der Waals surface area contributed by atoms with E-state index in [1.54, 1.807) is 11.3 Å². The van der Waals surface area contributed by atoms with Crippen LogP contribution in [0, 0.1) is 18.8 Å². The van der Waals surface area contributed by atoms with Crippen molar-refractivity contribution in [3.8, 4) is 11.8 Å². The molecule has 0 radical (unpaired) electrons. The Kier molecular flexibility index (Phi) is 4.94. The van der Waals surface area contributed by atoms with Crippen LogP contribution in [0.4, 0.5) is 5.69 Å². The highest BCUT2D eigenvalue weighted by Gasteiger charge is 2.07. The Morgan fingerprint density at radius 1 is 1.40 bits per heavy atom. The number of carbonyl (C=O) groups excluding carboxylic acids is 1. The van der Waals surface area contributed by atoms with Crippen LogP contribution in [0.5, 0.6) is 0 Å². The van der Waals surface area contributed by atoms with Gasteiger partial charge in [0, 0.05) is 5.56 Å². The van der Waals surface area contributed by atoms with Crippen molar-refractivity contribution in [2.45, 2.75) is 13.3 Å². The monoisotopic (exact) mass is 285 g/mol. The number of aliphatic hydroxyl groups excluding tert-OH is 1. The van der Waals surface area contributed by atoms with E-state index >= 15 is 0 Å². The van der Waals surface area contributed by atoms with Gasteiger partial charge in [0.15, 0.2) is 0 Å². The molecule has 0 fully saturated rings. The molecule has 0 aliphatic rings. The van der Waals surface area contributed by atoms with Crippen molar-refractivity contribution in [3.63, 3.8) is 0 Å². The number of hydrogen-bond donors (Lipinski definition) is 2. The van der Waals surface area contributed by atoms with Gasteiger partial charge in [-0.2, -0.15) is 11.3 Å². The van der Waals surface area contributed by atoms with Crippen LogP contribution in [0.1, 0.15) is 16.7 Å². The highest BCUT2D eigenvalue weighted by Crippen LogP contribution is 2.17. The first-order valence-electron chi connectivity index (χ1n) is 6.20. The van der Waals surface area contributed by atoms with Gasteiger partial charge in [-0.05, 0) is 47.0 Å². The predicted octanol–water partition coefficient (Wildman–Crippen LogP) is 2.58. The smallest absolute Gasteiger partial charge is 0.228 e. The quantitative estimate of drug-likeness (QED) is 0.852. The minimum Gasteiger partial charge on any atom is -0.384 e. The normalized spacial score (nSPS) is 9.70. The average molecular weight is 285 g/mol. The number of anilines is 1. The van der Waals surface area contributed by atoms with Crippen molar-refractivity contribution in [1.82, 2.24) is 0 Å². The molecule has 0 saturated carbocycles. The van der Waals surface area contributed by atoms with Gasteiger partial charge in [-0.15, -0.1) is 0 Å². The molecule has 1 aromatic heterocycles. The Labute approximate surface area is 122 Å². The molecule has 2 rings (SSSR count). The first-order valence-corrected chi connectivity index (χ1v) is 7.14. The molecule has 0 bridgehead atoms. The molecule has 3 nitrogen and oxygen atoms in total. The van der Waals surface area contributed by atoms with Crippen LogP contribution in [0.15, 0.2) is 35.0 Å². The number of amides is 1. The van der Waals surface area contributed by atoms with Crippen LogP contribution in [0.2, 0.25) is 0 Å². The first kappa shape index (κ1) is 14.3. The van der Waals surface area contributed by atoms with E-state index in [0.29, 0.717) is 12.1 Å². The van der Waals surface area contributed by atoms with E-state index in [9.17, 15) is 4.79 Å². The lowest BCUT2D eigenvalue weighted by molar-refractivity contribution is -0.115. The molecule has 4 heteroatoms. The molecular weight excluding hydrogens is 270 g/mol. The molecule has 0 saturated heterocycles. The summed E-state index contributed by atoms with van der Waals surface area (Å²) in [6, 6.07) is 7.58. The summed E-state index contributed by atoms with van der Waals surface area (Å²) in [5.74, 6) is 5.39. The summed E-state index contributed by atoms with van der Waals surface area (Å²) in [6.07, 6.45) is 0.351. The van der Waals surface area contributed by atoms with Crippen LogP contribution < -0.4 is 5.32 Å². The third-order valence-electron chi connectivity index (χ3n) is 2.70. The zero-order chi connectivity index (χ0) is 14.4. The average Bonchev–Trinajstić information content (AvgIpc) is 2.91. The molecule has 2 aromatic rings. The van der Waals surface area contributed by atoms with E-state index in [2.05, 4.69) is 17.2 Å². The first-order chi connectivity index (χ1) is 9.69. The van der Waals surface area contributed by atoms with Gasteiger partial charge in [0.1, 0.15) is 6.61 Å². The van der Waals surface area contributed by atoms with E-state index < -0.39 is 0 Å². The SMILES string of the molecule is Cc1ccc(NC(=O)Cc2ccsc2)c(C#CCO)c1. The lowest BCUT2D eigenvalue weighted by Crippen LogP contribution is -2.14. The van der Waals surface area contributed by atoms with Crippen molar-refractivity contribution < 1.29 is 9.90 Å². The van der Waals surface area contributed by atoms with Crippen LogP contribution in [0.25, 0.3) is 0 Å². The maximum absolute atomic E-state index is 12.0. The Bertz CT molecular complexity index is 651. The number of aryl methyl sites for hydroxylation is 1. The largest absolute Gasteiger partial charge is 0.384 e. The van der Waals surface area contributed by atoms with E-state index in [-0.39, 0.29) is 12.5 Å². The maximum atomic E-state index is 12.0. The predicted molar refractivity (Wildman–Crippen MR) is 81.8 cm³/mol. The number of rotatable bonds is 3. The minimum absolute atomic E-state index is 0.0701. The van der Waals surface area contributed by atoms with Gasteiger partial charge in [0.2, 0.25) is 5.91 Å². The lowest BCUT2D eigenvalue weighted by atomic mass is 10.1. The Morgan fingerprint density at radius 3 is 2.95 bits per heavy atom. The second-order valence-corrected chi connectivity index (χ2v) is 5.15. The molecule has 0 unspecified atom stereocenters. The minimum atomic E-state index is -0.198. The molecule has 1 amide bonds. The summed E-state index contributed by atoms with van der Waals surface area (Å²) in [4.78, 5) is 12.0. The van der Waals surface area contributed by atoms with Gasteiger partial charge in [0.05, 0.1) is 12.1 Å². The number of thiophene rings is 1. The van der Waals surface area contributed by atoms with E-state index in [1.165, 1.54) is 0 Å². The molecule has 0 aliphatic heterocycles. The van der Waals surface area contributed by atoms with E-state index in [4.69, 9.17) is 5.11 Å².